The van der Waals surface area contributed by atoms with Crippen LogP contribution < -0.4 is 5.32 Å². The first-order chi connectivity index (χ1) is 6.86. The maximum atomic E-state index is 6.27. The van der Waals surface area contributed by atoms with Crippen LogP contribution in [-0.4, -0.2) is 7.05 Å². The Kier molecular flexibility index (Phi) is 3.80. The Labute approximate surface area is 97.8 Å². The number of benzene rings is 1. The predicted molar refractivity (Wildman–Crippen MR) is 67.4 cm³/mol. The fraction of sp³-hybridized carbons (Fsp3) is 0.538. The molecule has 1 aromatic rings. The molecule has 1 atom stereocenters. The van der Waals surface area contributed by atoms with Gasteiger partial charge in [0.15, 0.2) is 0 Å². The molecule has 0 fully saturated rings. The van der Waals surface area contributed by atoms with Gasteiger partial charge in [-0.2, -0.15) is 0 Å². The second-order valence-corrected chi connectivity index (χ2v) is 5.52. The molecule has 1 unspecified atom stereocenters. The Morgan fingerprint density at radius 1 is 1.27 bits per heavy atom. The first-order valence-corrected chi connectivity index (χ1v) is 5.67. The number of hydrogen-bond acceptors (Lipinski definition) is 1. The van der Waals surface area contributed by atoms with Crippen LogP contribution in [0.4, 0.5) is 0 Å². The van der Waals surface area contributed by atoms with E-state index in [1.165, 1.54) is 11.1 Å². The molecule has 0 saturated carbocycles. The Bertz CT molecular complexity index is 339. The Hall–Kier alpha value is -0.530. The number of halogens is 1. The molecule has 0 radical (unpaired) electrons. The molecule has 1 nitrogen and oxygen atoms in total. The number of aryl methyl sites for hydroxylation is 1. The average Bonchev–Trinajstić information content (AvgIpc) is 2.07. The van der Waals surface area contributed by atoms with E-state index in [1.54, 1.807) is 0 Å². The van der Waals surface area contributed by atoms with Crippen LogP contribution >= 0.6 is 11.6 Å². The number of hydrogen-bond donors (Lipinski definition) is 1. The van der Waals surface area contributed by atoms with Gasteiger partial charge in [0.25, 0.3) is 0 Å². The topological polar surface area (TPSA) is 12.0 Å². The minimum atomic E-state index is 0.160. The maximum absolute atomic E-state index is 6.27. The van der Waals surface area contributed by atoms with Crippen molar-refractivity contribution < 1.29 is 0 Å². The molecule has 0 heterocycles. The summed E-state index contributed by atoms with van der Waals surface area (Å²) in [4.78, 5) is 0. The van der Waals surface area contributed by atoms with Gasteiger partial charge in [0.1, 0.15) is 0 Å². The van der Waals surface area contributed by atoms with Crippen molar-refractivity contribution in [2.45, 2.75) is 33.7 Å². The van der Waals surface area contributed by atoms with Crippen molar-refractivity contribution in [1.82, 2.24) is 5.32 Å². The smallest absolute Gasteiger partial charge is 0.0456 e. The van der Waals surface area contributed by atoms with Crippen molar-refractivity contribution in [3.8, 4) is 0 Å². The average molecular weight is 226 g/mol. The molecule has 1 rings (SSSR count). The standard InChI is InChI=1S/C13H20ClN/c1-9-6-7-10(11(14)8-9)12(15-5)13(2,3)4/h6-8,12,15H,1-5H3. The van der Waals surface area contributed by atoms with Crippen LogP contribution in [-0.2, 0) is 0 Å². The summed E-state index contributed by atoms with van der Waals surface area (Å²) in [6.07, 6.45) is 0. The summed E-state index contributed by atoms with van der Waals surface area (Å²) in [6.45, 7) is 8.69. The first kappa shape index (κ1) is 12.5. The highest BCUT2D eigenvalue weighted by molar-refractivity contribution is 6.31. The normalized spacial score (nSPS) is 14.0. The van der Waals surface area contributed by atoms with Gasteiger partial charge >= 0.3 is 0 Å². The third kappa shape index (κ3) is 2.96. The van der Waals surface area contributed by atoms with Crippen molar-refractivity contribution in [3.05, 3.63) is 34.3 Å². The summed E-state index contributed by atoms with van der Waals surface area (Å²) < 4.78 is 0. The first-order valence-electron chi connectivity index (χ1n) is 5.29. The molecule has 15 heavy (non-hydrogen) atoms. The molecule has 84 valence electrons. The molecular formula is C13H20ClN. The summed E-state index contributed by atoms with van der Waals surface area (Å²) in [5.74, 6) is 0. The Balaban J connectivity index is 3.13. The third-order valence-corrected chi connectivity index (χ3v) is 2.95. The Morgan fingerprint density at radius 2 is 1.87 bits per heavy atom. The maximum Gasteiger partial charge on any atom is 0.0456 e. The van der Waals surface area contributed by atoms with Gasteiger partial charge in [0.2, 0.25) is 0 Å². The van der Waals surface area contributed by atoms with Crippen LogP contribution in [0, 0.1) is 12.3 Å². The van der Waals surface area contributed by atoms with Crippen molar-refractivity contribution >= 4 is 11.6 Å². The minimum Gasteiger partial charge on any atom is -0.313 e. The van der Waals surface area contributed by atoms with E-state index < -0.39 is 0 Å². The van der Waals surface area contributed by atoms with E-state index in [1.807, 2.05) is 13.1 Å². The van der Waals surface area contributed by atoms with Crippen molar-refractivity contribution in [2.24, 2.45) is 5.41 Å². The molecule has 0 amide bonds. The van der Waals surface area contributed by atoms with Gasteiger partial charge in [0, 0.05) is 11.1 Å². The lowest BCUT2D eigenvalue weighted by Crippen LogP contribution is -2.29. The van der Waals surface area contributed by atoms with Gasteiger partial charge in [-0.25, -0.2) is 0 Å². The highest BCUT2D eigenvalue weighted by Crippen LogP contribution is 2.36. The van der Waals surface area contributed by atoms with Gasteiger partial charge in [0.05, 0.1) is 0 Å². The van der Waals surface area contributed by atoms with E-state index in [9.17, 15) is 0 Å². The summed E-state index contributed by atoms with van der Waals surface area (Å²) in [7, 11) is 1.98. The molecule has 0 aliphatic carbocycles. The fourth-order valence-electron chi connectivity index (χ4n) is 1.92. The molecule has 0 aliphatic heterocycles. The van der Waals surface area contributed by atoms with E-state index in [0.29, 0.717) is 0 Å². The molecule has 0 spiro atoms. The summed E-state index contributed by atoms with van der Waals surface area (Å²) in [6, 6.07) is 6.53. The largest absolute Gasteiger partial charge is 0.313 e. The lowest BCUT2D eigenvalue weighted by molar-refractivity contribution is 0.287. The zero-order valence-electron chi connectivity index (χ0n) is 10.2. The van der Waals surface area contributed by atoms with E-state index in [2.05, 4.69) is 45.1 Å². The van der Waals surface area contributed by atoms with Crippen molar-refractivity contribution in [2.75, 3.05) is 7.05 Å². The van der Waals surface area contributed by atoms with Crippen molar-refractivity contribution in [1.29, 1.82) is 0 Å². The van der Waals surface area contributed by atoms with Gasteiger partial charge in [-0.3, -0.25) is 0 Å². The molecule has 0 aliphatic rings. The number of nitrogens with one attached hydrogen (secondary N) is 1. The van der Waals surface area contributed by atoms with Gasteiger partial charge < -0.3 is 5.32 Å². The second-order valence-electron chi connectivity index (χ2n) is 5.11. The van der Waals surface area contributed by atoms with Crippen LogP contribution in [0.5, 0.6) is 0 Å². The monoisotopic (exact) mass is 225 g/mol. The SMILES string of the molecule is CNC(c1ccc(C)cc1Cl)C(C)(C)C. The molecule has 0 bridgehead atoms. The summed E-state index contributed by atoms with van der Waals surface area (Å²) in [5, 5.41) is 4.19. The highest BCUT2D eigenvalue weighted by Gasteiger charge is 2.26. The van der Waals surface area contributed by atoms with Crippen LogP contribution in [0.1, 0.15) is 37.9 Å². The predicted octanol–water partition coefficient (Wildman–Crippen LogP) is 3.96. The summed E-state index contributed by atoms with van der Waals surface area (Å²) in [5.41, 5.74) is 2.54. The van der Waals surface area contributed by atoms with Crippen LogP contribution in [0.2, 0.25) is 5.02 Å². The van der Waals surface area contributed by atoms with Gasteiger partial charge in [-0.05, 0) is 36.6 Å². The highest BCUT2D eigenvalue weighted by atomic mass is 35.5. The van der Waals surface area contributed by atoms with Crippen LogP contribution in [0.25, 0.3) is 0 Å². The lowest BCUT2D eigenvalue weighted by atomic mass is 9.82. The molecule has 0 saturated heterocycles. The molecule has 2 heteroatoms. The minimum absolute atomic E-state index is 0.160. The summed E-state index contributed by atoms with van der Waals surface area (Å²) >= 11 is 6.27. The zero-order valence-corrected chi connectivity index (χ0v) is 10.9. The fourth-order valence-corrected chi connectivity index (χ4v) is 2.27. The molecule has 0 aromatic heterocycles. The third-order valence-electron chi connectivity index (χ3n) is 2.62. The zero-order chi connectivity index (χ0) is 11.6. The van der Waals surface area contributed by atoms with Crippen LogP contribution in [0.15, 0.2) is 18.2 Å². The molecule has 1 aromatic carbocycles. The second kappa shape index (κ2) is 4.54. The van der Waals surface area contributed by atoms with Crippen molar-refractivity contribution in [3.63, 3.8) is 0 Å². The lowest BCUT2D eigenvalue weighted by Gasteiger charge is -2.31. The quantitative estimate of drug-likeness (QED) is 0.804. The number of rotatable bonds is 2. The van der Waals surface area contributed by atoms with E-state index in [0.717, 1.165) is 5.02 Å². The van der Waals surface area contributed by atoms with Crippen LogP contribution in [0.3, 0.4) is 0 Å². The van der Waals surface area contributed by atoms with E-state index >= 15 is 0 Å². The van der Waals surface area contributed by atoms with E-state index in [-0.39, 0.29) is 11.5 Å². The molecular weight excluding hydrogens is 206 g/mol. The molecule has 1 N–H and O–H groups in total. The van der Waals surface area contributed by atoms with Gasteiger partial charge in [-0.1, -0.05) is 44.5 Å². The van der Waals surface area contributed by atoms with Gasteiger partial charge in [-0.15, -0.1) is 0 Å². The Morgan fingerprint density at radius 3 is 2.27 bits per heavy atom. The van der Waals surface area contributed by atoms with E-state index in [4.69, 9.17) is 11.6 Å².